The van der Waals surface area contributed by atoms with Gasteiger partial charge in [0.05, 0.1) is 32.3 Å². The second-order valence-electron chi connectivity index (χ2n) is 6.65. The fraction of sp³-hybridized carbons (Fsp3) is 0.381. The van der Waals surface area contributed by atoms with Crippen LogP contribution in [-0.4, -0.2) is 50.7 Å². The summed E-state index contributed by atoms with van der Waals surface area (Å²) in [5.41, 5.74) is 1.89. The molecule has 1 aliphatic heterocycles. The zero-order chi connectivity index (χ0) is 19.4. The number of carbonyl (C=O) groups is 1. The minimum absolute atomic E-state index is 0.000994. The van der Waals surface area contributed by atoms with Crippen molar-refractivity contribution < 1.29 is 14.3 Å². The molecule has 0 aliphatic carbocycles. The molecule has 3 rings (SSSR count). The van der Waals surface area contributed by atoms with Gasteiger partial charge in [0.1, 0.15) is 17.6 Å². The molecular formula is C21H25ClN2O3. The number of rotatable bonds is 6. The maximum Gasteiger partial charge on any atom is 0.227 e. The number of halogens is 1. The topological polar surface area (TPSA) is 42.0 Å². The Labute approximate surface area is 165 Å². The van der Waals surface area contributed by atoms with E-state index in [1.54, 1.807) is 37.3 Å². The van der Waals surface area contributed by atoms with Gasteiger partial charge in [-0.2, -0.15) is 0 Å². The highest BCUT2D eigenvalue weighted by atomic mass is 35.5. The number of amides is 1. The summed E-state index contributed by atoms with van der Waals surface area (Å²) in [6.45, 7) is 4.30. The first-order chi connectivity index (χ1) is 13.0. The minimum atomic E-state index is -0.0740. The lowest BCUT2D eigenvalue weighted by atomic mass is 10.1. The highest BCUT2D eigenvalue weighted by Gasteiger charge is 2.26. The van der Waals surface area contributed by atoms with E-state index in [9.17, 15) is 4.79 Å². The molecule has 1 heterocycles. The van der Waals surface area contributed by atoms with Gasteiger partial charge < -0.3 is 19.3 Å². The molecule has 0 aromatic heterocycles. The minimum Gasteiger partial charge on any atom is -0.496 e. The standard InChI is InChI=1S/C21H25ClN2O3/c1-4-24-14-17(27-20-8-6-5-7-18(20)24)13-23(2)21(25)12-15-11-16(22)9-10-19(15)26-3/h5-11,17H,4,12-14H2,1-3H3. The molecule has 0 saturated carbocycles. The quantitative estimate of drug-likeness (QED) is 0.757. The third-order valence-corrected chi connectivity index (χ3v) is 5.03. The van der Waals surface area contributed by atoms with E-state index in [-0.39, 0.29) is 18.4 Å². The number of carbonyl (C=O) groups excluding carboxylic acids is 1. The van der Waals surface area contributed by atoms with Crippen LogP contribution in [0.25, 0.3) is 0 Å². The summed E-state index contributed by atoms with van der Waals surface area (Å²) in [5, 5.41) is 0.590. The van der Waals surface area contributed by atoms with Crippen LogP contribution in [0.5, 0.6) is 11.5 Å². The van der Waals surface area contributed by atoms with E-state index >= 15 is 0 Å². The molecule has 0 bridgehead atoms. The summed E-state index contributed by atoms with van der Waals surface area (Å²) in [6, 6.07) is 13.3. The van der Waals surface area contributed by atoms with Gasteiger partial charge in [0.15, 0.2) is 0 Å². The maximum atomic E-state index is 12.7. The third-order valence-electron chi connectivity index (χ3n) is 4.79. The van der Waals surface area contributed by atoms with E-state index in [1.807, 2.05) is 18.2 Å². The molecule has 0 N–H and O–H groups in total. The van der Waals surface area contributed by atoms with Crippen LogP contribution in [0, 0.1) is 0 Å². The van der Waals surface area contributed by atoms with E-state index in [0.717, 1.165) is 30.1 Å². The Balaban J connectivity index is 1.66. The summed E-state index contributed by atoms with van der Waals surface area (Å²) in [5.74, 6) is 1.54. The van der Waals surface area contributed by atoms with E-state index in [1.165, 1.54) is 0 Å². The Morgan fingerprint density at radius 3 is 2.85 bits per heavy atom. The zero-order valence-electron chi connectivity index (χ0n) is 15.9. The molecule has 2 aromatic carbocycles. The molecule has 0 fully saturated rings. The molecule has 1 unspecified atom stereocenters. The van der Waals surface area contributed by atoms with Gasteiger partial charge in [0, 0.05) is 24.2 Å². The predicted octanol–water partition coefficient (Wildman–Crippen LogP) is 3.64. The van der Waals surface area contributed by atoms with Crippen LogP contribution in [0.3, 0.4) is 0 Å². The lowest BCUT2D eigenvalue weighted by Crippen LogP contribution is -2.47. The van der Waals surface area contributed by atoms with Crippen LogP contribution >= 0.6 is 11.6 Å². The maximum absolute atomic E-state index is 12.7. The van der Waals surface area contributed by atoms with Crippen molar-refractivity contribution in [3.8, 4) is 11.5 Å². The van der Waals surface area contributed by atoms with Gasteiger partial charge in [0.25, 0.3) is 0 Å². The number of fused-ring (bicyclic) bond motifs is 1. The molecule has 6 heteroatoms. The van der Waals surface area contributed by atoms with E-state index in [0.29, 0.717) is 17.3 Å². The van der Waals surface area contributed by atoms with Crippen molar-refractivity contribution in [1.29, 1.82) is 0 Å². The fourth-order valence-electron chi connectivity index (χ4n) is 3.36. The Bertz CT molecular complexity index is 812. The number of para-hydroxylation sites is 2. The molecule has 1 aliphatic rings. The molecule has 1 atom stereocenters. The van der Waals surface area contributed by atoms with E-state index in [4.69, 9.17) is 21.1 Å². The highest BCUT2D eigenvalue weighted by molar-refractivity contribution is 6.30. The van der Waals surface area contributed by atoms with Gasteiger partial charge in [0.2, 0.25) is 5.91 Å². The number of hydrogen-bond acceptors (Lipinski definition) is 4. The number of ether oxygens (including phenoxy) is 2. The Morgan fingerprint density at radius 1 is 1.33 bits per heavy atom. The van der Waals surface area contributed by atoms with Crippen LogP contribution in [0.1, 0.15) is 12.5 Å². The van der Waals surface area contributed by atoms with Crippen LogP contribution < -0.4 is 14.4 Å². The molecule has 2 aromatic rings. The number of methoxy groups -OCH3 is 1. The second-order valence-corrected chi connectivity index (χ2v) is 7.09. The average molecular weight is 389 g/mol. The molecular weight excluding hydrogens is 364 g/mol. The summed E-state index contributed by atoms with van der Waals surface area (Å²) in [6.07, 6.45) is 0.163. The summed E-state index contributed by atoms with van der Waals surface area (Å²) < 4.78 is 11.5. The zero-order valence-corrected chi connectivity index (χ0v) is 16.7. The average Bonchev–Trinajstić information content (AvgIpc) is 2.67. The van der Waals surface area contributed by atoms with Crippen molar-refractivity contribution in [2.45, 2.75) is 19.4 Å². The van der Waals surface area contributed by atoms with Crippen molar-refractivity contribution in [2.24, 2.45) is 0 Å². The van der Waals surface area contributed by atoms with Gasteiger partial charge in [-0.25, -0.2) is 0 Å². The van der Waals surface area contributed by atoms with Crippen LogP contribution in [0.2, 0.25) is 5.02 Å². The van der Waals surface area contributed by atoms with Crippen LogP contribution in [0.4, 0.5) is 5.69 Å². The molecule has 1 amide bonds. The summed E-state index contributed by atoms with van der Waals surface area (Å²) in [7, 11) is 3.40. The molecule has 5 nitrogen and oxygen atoms in total. The fourth-order valence-corrected chi connectivity index (χ4v) is 3.56. The van der Waals surface area contributed by atoms with Crippen LogP contribution in [-0.2, 0) is 11.2 Å². The number of likely N-dealkylation sites (N-methyl/N-ethyl adjacent to an activating group) is 2. The molecule has 27 heavy (non-hydrogen) atoms. The first kappa shape index (κ1) is 19.4. The lowest BCUT2D eigenvalue weighted by molar-refractivity contribution is -0.130. The second kappa shape index (κ2) is 8.53. The Kier molecular flexibility index (Phi) is 6.11. The number of anilines is 1. The monoisotopic (exact) mass is 388 g/mol. The Hall–Kier alpha value is -2.40. The lowest BCUT2D eigenvalue weighted by Gasteiger charge is -2.37. The number of nitrogens with zero attached hydrogens (tertiary/aromatic N) is 2. The number of benzene rings is 2. The SMILES string of the molecule is CCN1CC(CN(C)C(=O)Cc2cc(Cl)ccc2OC)Oc2ccccc21. The van der Waals surface area contributed by atoms with Crippen molar-refractivity contribution in [3.63, 3.8) is 0 Å². The van der Waals surface area contributed by atoms with Crippen molar-refractivity contribution in [3.05, 3.63) is 53.1 Å². The Morgan fingerprint density at radius 2 is 2.11 bits per heavy atom. The third kappa shape index (κ3) is 4.48. The summed E-state index contributed by atoms with van der Waals surface area (Å²) in [4.78, 5) is 16.7. The summed E-state index contributed by atoms with van der Waals surface area (Å²) >= 11 is 6.07. The van der Waals surface area contributed by atoms with Crippen molar-refractivity contribution >= 4 is 23.2 Å². The smallest absolute Gasteiger partial charge is 0.227 e. The van der Waals surface area contributed by atoms with Crippen molar-refractivity contribution in [2.75, 3.05) is 38.7 Å². The van der Waals surface area contributed by atoms with Gasteiger partial charge in [-0.1, -0.05) is 23.7 Å². The molecule has 0 radical (unpaired) electrons. The van der Waals surface area contributed by atoms with Gasteiger partial charge in [-0.3, -0.25) is 4.79 Å². The first-order valence-corrected chi connectivity index (χ1v) is 9.46. The van der Waals surface area contributed by atoms with Gasteiger partial charge in [-0.05, 0) is 37.3 Å². The molecule has 0 saturated heterocycles. The molecule has 0 spiro atoms. The molecule has 144 valence electrons. The largest absolute Gasteiger partial charge is 0.496 e. The van der Waals surface area contributed by atoms with E-state index < -0.39 is 0 Å². The number of hydrogen-bond donors (Lipinski definition) is 0. The predicted molar refractivity (Wildman–Crippen MR) is 108 cm³/mol. The first-order valence-electron chi connectivity index (χ1n) is 9.08. The normalized spacial score (nSPS) is 15.7. The van der Waals surface area contributed by atoms with Crippen molar-refractivity contribution in [1.82, 2.24) is 4.90 Å². The highest BCUT2D eigenvalue weighted by Crippen LogP contribution is 2.33. The van der Waals surface area contributed by atoms with Gasteiger partial charge >= 0.3 is 0 Å². The van der Waals surface area contributed by atoms with E-state index in [2.05, 4.69) is 17.9 Å². The van der Waals surface area contributed by atoms with Crippen LogP contribution in [0.15, 0.2) is 42.5 Å². The van der Waals surface area contributed by atoms with Gasteiger partial charge in [-0.15, -0.1) is 0 Å².